The molecule has 1 aromatic heterocycles. The van der Waals surface area contributed by atoms with Gasteiger partial charge in [-0.05, 0) is 64.8 Å². The van der Waals surface area contributed by atoms with Crippen LogP contribution in [0.1, 0.15) is 40.2 Å². The number of nitrogens with zero attached hydrogens (tertiary/aromatic N) is 4. The Hall–Kier alpha value is -3.93. The fraction of sp³-hybridized carbons (Fsp3) is 0.500. The number of hydrogen-bond acceptors (Lipinski definition) is 7. The van der Waals surface area contributed by atoms with Crippen LogP contribution in [0, 0.1) is 0 Å². The lowest BCUT2D eigenvalue weighted by Crippen LogP contribution is -2.60. The van der Waals surface area contributed by atoms with Crippen molar-refractivity contribution in [1.82, 2.24) is 24.7 Å². The second kappa shape index (κ2) is 11.6. The molecule has 4 amide bonds. The number of carbonyl (C=O) groups excluding carboxylic acids is 3. The Morgan fingerprint density at radius 1 is 0.974 bits per heavy atom. The second-order valence-corrected chi connectivity index (χ2v) is 10.6. The predicted molar refractivity (Wildman–Crippen MR) is 141 cm³/mol. The Labute approximate surface area is 221 Å². The fourth-order valence-corrected chi connectivity index (χ4v) is 3.93. The quantitative estimate of drug-likeness (QED) is 0.518. The van der Waals surface area contributed by atoms with Gasteiger partial charge in [0.05, 0.1) is 5.69 Å². The molecule has 1 fully saturated rings. The number of amides is 4. The van der Waals surface area contributed by atoms with E-state index in [2.05, 4.69) is 15.6 Å². The van der Waals surface area contributed by atoms with E-state index in [1.165, 1.54) is 21.7 Å². The first kappa shape index (κ1) is 28.6. The van der Waals surface area contributed by atoms with E-state index in [1.807, 2.05) is 12.1 Å². The van der Waals surface area contributed by atoms with E-state index in [1.54, 1.807) is 51.7 Å². The van der Waals surface area contributed by atoms with Gasteiger partial charge in [0, 0.05) is 39.0 Å². The average Bonchev–Trinajstić information content (AvgIpc) is 2.83. The van der Waals surface area contributed by atoms with E-state index in [4.69, 9.17) is 9.84 Å². The summed E-state index contributed by atoms with van der Waals surface area (Å²) in [5, 5.41) is 14.3. The summed E-state index contributed by atoms with van der Waals surface area (Å²) in [6, 6.07) is 8.28. The van der Waals surface area contributed by atoms with Crippen molar-refractivity contribution in [2.75, 3.05) is 38.1 Å². The molecule has 2 aromatic rings. The molecule has 2 heterocycles. The molecule has 0 spiro atoms. The molecule has 1 aliphatic rings. The lowest BCUT2D eigenvalue weighted by molar-refractivity contribution is -0.138. The Bertz CT molecular complexity index is 1210. The molecule has 0 radical (unpaired) electrons. The number of benzene rings is 1. The van der Waals surface area contributed by atoms with Crippen LogP contribution in [-0.2, 0) is 16.0 Å². The number of aliphatic hydroxyl groups excluding tert-OH is 1. The highest BCUT2D eigenvalue weighted by Crippen LogP contribution is 2.15. The van der Waals surface area contributed by atoms with Crippen molar-refractivity contribution >= 4 is 23.8 Å². The van der Waals surface area contributed by atoms with Gasteiger partial charge in [0.25, 0.3) is 0 Å². The van der Waals surface area contributed by atoms with Crippen LogP contribution in [0.3, 0.4) is 0 Å². The molecule has 0 saturated carbocycles. The molecule has 38 heavy (non-hydrogen) atoms. The minimum Gasteiger partial charge on any atom is -0.444 e. The van der Waals surface area contributed by atoms with Crippen molar-refractivity contribution in [3.05, 3.63) is 52.6 Å². The van der Waals surface area contributed by atoms with Crippen LogP contribution >= 0.6 is 0 Å². The Balaban J connectivity index is 1.54. The van der Waals surface area contributed by atoms with Crippen molar-refractivity contribution in [3.8, 4) is 5.69 Å². The molecule has 0 aliphatic carbocycles. The third-order valence-electron chi connectivity index (χ3n) is 5.86. The van der Waals surface area contributed by atoms with Gasteiger partial charge in [0.2, 0.25) is 5.91 Å². The van der Waals surface area contributed by atoms with Crippen molar-refractivity contribution in [2.45, 2.75) is 52.2 Å². The van der Waals surface area contributed by atoms with Gasteiger partial charge in [0.15, 0.2) is 0 Å². The third kappa shape index (κ3) is 7.54. The molecule has 12 nitrogen and oxygen atoms in total. The lowest BCUT2D eigenvalue weighted by Gasteiger charge is -2.38. The maximum atomic E-state index is 13.0. The summed E-state index contributed by atoms with van der Waals surface area (Å²) in [4.78, 5) is 57.5. The molecule has 1 aromatic carbocycles. The minimum atomic E-state index is -1.18. The molecule has 0 bridgehead atoms. The highest BCUT2D eigenvalue weighted by Gasteiger charge is 2.36. The molecule has 0 atom stereocenters. The number of aliphatic hydroxyl groups is 1. The van der Waals surface area contributed by atoms with E-state index < -0.39 is 29.0 Å². The first-order valence-electron chi connectivity index (χ1n) is 12.5. The maximum Gasteiger partial charge on any atom is 0.408 e. The molecule has 0 unspecified atom stereocenters. The number of carbonyl (C=O) groups is 3. The standard InChI is InChI=1S/C26H36N6O6/c1-25(2,3)38-24(37)29-26(4,5)21(34)30-13-15-31(16-14-30)22(35)27-20-10-12-32(23(36)28-20)19-8-6-18(7-9-19)11-17-33/h6-10,12,33H,11,13-17H2,1-5H3,(H,29,37)(H,27,28,35,36). The van der Waals surface area contributed by atoms with Crippen molar-refractivity contribution in [1.29, 1.82) is 0 Å². The Kier molecular flexibility index (Phi) is 8.77. The Morgan fingerprint density at radius 3 is 2.13 bits per heavy atom. The zero-order valence-electron chi connectivity index (χ0n) is 22.5. The molecule has 3 rings (SSSR count). The summed E-state index contributed by atoms with van der Waals surface area (Å²) in [7, 11) is 0. The second-order valence-electron chi connectivity index (χ2n) is 10.6. The van der Waals surface area contributed by atoms with Crippen molar-refractivity contribution in [3.63, 3.8) is 0 Å². The van der Waals surface area contributed by atoms with Crippen LogP contribution < -0.4 is 16.3 Å². The molecular formula is C26H36N6O6. The van der Waals surface area contributed by atoms with Gasteiger partial charge in [0.1, 0.15) is 17.0 Å². The van der Waals surface area contributed by atoms with E-state index in [9.17, 15) is 19.2 Å². The number of alkyl carbamates (subject to hydrolysis) is 1. The number of piperazine rings is 1. The van der Waals surface area contributed by atoms with E-state index in [0.717, 1.165) is 5.56 Å². The van der Waals surface area contributed by atoms with E-state index >= 15 is 0 Å². The third-order valence-corrected chi connectivity index (χ3v) is 5.86. The normalized spacial score (nSPS) is 14.2. The van der Waals surface area contributed by atoms with Crippen LogP contribution in [0.25, 0.3) is 5.69 Å². The van der Waals surface area contributed by atoms with Gasteiger partial charge in [-0.25, -0.2) is 14.4 Å². The highest BCUT2D eigenvalue weighted by atomic mass is 16.6. The maximum absolute atomic E-state index is 13.0. The topological polar surface area (TPSA) is 146 Å². The number of nitrogens with one attached hydrogen (secondary N) is 2. The van der Waals surface area contributed by atoms with Crippen molar-refractivity contribution < 1.29 is 24.2 Å². The number of hydrogen-bond donors (Lipinski definition) is 3. The van der Waals surface area contributed by atoms with E-state index in [-0.39, 0.29) is 44.5 Å². The zero-order valence-corrected chi connectivity index (χ0v) is 22.5. The zero-order chi connectivity index (χ0) is 28.1. The monoisotopic (exact) mass is 528 g/mol. The first-order chi connectivity index (χ1) is 17.8. The number of rotatable bonds is 6. The number of aromatic nitrogens is 2. The van der Waals surface area contributed by atoms with Crippen LogP contribution in [0.15, 0.2) is 41.3 Å². The van der Waals surface area contributed by atoms with Crippen LogP contribution in [0.5, 0.6) is 0 Å². The van der Waals surface area contributed by atoms with Gasteiger partial charge in [-0.2, -0.15) is 4.98 Å². The van der Waals surface area contributed by atoms with Crippen LogP contribution in [0.4, 0.5) is 15.4 Å². The van der Waals surface area contributed by atoms with E-state index in [0.29, 0.717) is 12.1 Å². The SMILES string of the molecule is CC(C)(C)OC(=O)NC(C)(C)C(=O)N1CCN(C(=O)Nc2ccn(-c3ccc(CCO)cc3)c(=O)n2)CC1. The van der Waals surface area contributed by atoms with Crippen LogP contribution in [-0.4, -0.2) is 86.4 Å². The number of anilines is 1. The van der Waals surface area contributed by atoms with Crippen LogP contribution in [0.2, 0.25) is 0 Å². The summed E-state index contributed by atoms with van der Waals surface area (Å²) >= 11 is 0. The van der Waals surface area contributed by atoms with Gasteiger partial charge >= 0.3 is 17.8 Å². The van der Waals surface area contributed by atoms with Gasteiger partial charge in [-0.15, -0.1) is 0 Å². The van der Waals surface area contributed by atoms with Gasteiger partial charge in [-0.3, -0.25) is 14.7 Å². The summed E-state index contributed by atoms with van der Waals surface area (Å²) < 4.78 is 6.61. The fourth-order valence-electron chi connectivity index (χ4n) is 3.93. The highest BCUT2D eigenvalue weighted by molar-refractivity contribution is 5.90. The first-order valence-corrected chi connectivity index (χ1v) is 12.5. The summed E-state index contributed by atoms with van der Waals surface area (Å²) in [6.45, 7) is 9.60. The van der Waals surface area contributed by atoms with Gasteiger partial charge in [-0.1, -0.05) is 12.1 Å². The molecule has 3 N–H and O–H groups in total. The molecular weight excluding hydrogens is 492 g/mol. The number of ether oxygens (including phenoxy) is 1. The molecule has 12 heteroatoms. The summed E-state index contributed by atoms with van der Waals surface area (Å²) in [5.74, 6) is -0.160. The molecule has 1 saturated heterocycles. The summed E-state index contributed by atoms with van der Waals surface area (Å²) in [5.41, 5.74) is -0.847. The lowest BCUT2D eigenvalue weighted by atomic mass is 10.0. The van der Waals surface area contributed by atoms with Crippen molar-refractivity contribution in [2.24, 2.45) is 0 Å². The molecule has 206 valence electrons. The molecule has 1 aliphatic heterocycles. The van der Waals surface area contributed by atoms with Gasteiger partial charge < -0.3 is 25.0 Å². The average molecular weight is 529 g/mol. The smallest absolute Gasteiger partial charge is 0.408 e. The largest absolute Gasteiger partial charge is 0.444 e. The Morgan fingerprint density at radius 2 is 1.58 bits per heavy atom. The predicted octanol–water partition coefficient (Wildman–Crippen LogP) is 1.75. The number of urea groups is 1. The minimum absolute atomic E-state index is 0.0455. The summed E-state index contributed by atoms with van der Waals surface area (Å²) in [6.07, 6.45) is 1.38.